The molecule has 6 heteroatoms. The quantitative estimate of drug-likeness (QED) is 0.210. The van der Waals surface area contributed by atoms with E-state index >= 15 is 0 Å². The number of hydrogen-bond donors (Lipinski definition) is 4. The van der Waals surface area contributed by atoms with Crippen molar-refractivity contribution in [2.75, 3.05) is 13.1 Å². The summed E-state index contributed by atoms with van der Waals surface area (Å²) in [6, 6.07) is 2.94. The number of allylic oxidation sites excluding steroid dienone is 4. The summed E-state index contributed by atoms with van der Waals surface area (Å²) in [6.07, 6.45) is 10.5. The molecule has 0 aromatic heterocycles. The fourth-order valence-electron chi connectivity index (χ4n) is 4.95. The molecule has 186 valence electrons. The summed E-state index contributed by atoms with van der Waals surface area (Å²) in [6.45, 7) is 5.73. The van der Waals surface area contributed by atoms with Crippen molar-refractivity contribution < 1.29 is 19.8 Å². The summed E-state index contributed by atoms with van der Waals surface area (Å²) in [7, 11) is 0. The molecule has 0 unspecified atom stereocenters. The highest BCUT2D eigenvalue weighted by molar-refractivity contribution is 6.11. The molecule has 3 rings (SSSR count). The zero-order chi connectivity index (χ0) is 24.5. The van der Waals surface area contributed by atoms with E-state index in [-0.39, 0.29) is 23.1 Å². The number of carbonyl (C=O) groups is 2. The maximum Gasteiger partial charge on any atom is 0.179 e. The highest BCUT2D eigenvalue weighted by atomic mass is 16.3. The van der Waals surface area contributed by atoms with E-state index in [4.69, 9.17) is 0 Å². The van der Waals surface area contributed by atoms with Crippen LogP contribution in [-0.2, 0) is 9.59 Å². The smallest absolute Gasteiger partial charge is 0.179 e. The van der Waals surface area contributed by atoms with Crippen LogP contribution in [0.15, 0.2) is 23.5 Å². The Morgan fingerprint density at radius 3 is 1.44 bits per heavy atom. The molecule has 0 amide bonds. The van der Waals surface area contributed by atoms with Gasteiger partial charge in [-0.25, -0.2) is 0 Å². The fraction of sp³-hybridized carbons (Fsp3) is 0.571. The Morgan fingerprint density at radius 1 is 0.647 bits per heavy atom. The van der Waals surface area contributed by atoms with Crippen LogP contribution in [0.1, 0.15) is 102 Å². The van der Waals surface area contributed by atoms with Gasteiger partial charge in [-0.1, -0.05) is 52.4 Å². The Balaban J connectivity index is 1.96. The lowest BCUT2D eigenvalue weighted by Gasteiger charge is -2.19. The lowest BCUT2D eigenvalue weighted by molar-refractivity contribution is -0.116. The first-order valence-electron chi connectivity index (χ1n) is 13.1. The minimum absolute atomic E-state index is 0.0249. The van der Waals surface area contributed by atoms with E-state index in [0.29, 0.717) is 61.3 Å². The van der Waals surface area contributed by atoms with Crippen LogP contribution >= 0.6 is 0 Å². The van der Waals surface area contributed by atoms with Crippen LogP contribution < -0.4 is 10.6 Å². The average Bonchev–Trinajstić information content (AvgIpc) is 3.37. The molecular weight excluding hydrogens is 428 g/mol. The number of unbranched alkanes of at least 4 members (excludes halogenated alkanes) is 6. The topological polar surface area (TPSA) is 98.7 Å². The van der Waals surface area contributed by atoms with E-state index in [0.717, 1.165) is 62.5 Å². The lowest BCUT2D eigenvalue weighted by Crippen LogP contribution is -2.20. The molecule has 0 saturated carbocycles. The minimum Gasteiger partial charge on any atom is -0.507 e. The van der Waals surface area contributed by atoms with Gasteiger partial charge in [0.1, 0.15) is 11.5 Å². The molecular formula is C28H40N2O4. The Morgan fingerprint density at radius 2 is 1.06 bits per heavy atom. The number of Topliss-reactive ketones (excluding diaryl/α,β-unsaturated/α-hetero) is 2. The number of hydrogen-bond acceptors (Lipinski definition) is 6. The number of phenols is 2. The molecule has 0 bridgehead atoms. The number of benzene rings is 1. The van der Waals surface area contributed by atoms with Crippen LogP contribution in [0, 0.1) is 0 Å². The average molecular weight is 469 g/mol. The second-order valence-corrected chi connectivity index (χ2v) is 9.38. The molecule has 0 heterocycles. The van der Waals surface area contributed by atoms with Crippen LogP contribution in [-0.4, -0.2) is 34.9 Å². The predicted octanol–water partition coefficient (Wildman–Crippen LogP) is 5.59. The van der Waals surface area contributed by atoms with E-state index in [1.165, 1.54) is 12.1 Å². The number of aromatic hydroxyl groups is 2. The zero-order valence-corrected chi connectivity index (χ0v) is 20.8. The summed E-state index contributed by atoms with van der Waals surface area (Å²) in [5.41, 5.74) is 3.51. The maximum atomic E-state index is 12.7. The molecule has 4 N–H and O–H groups in total. The van der Waals surface area contributed by atoms with Crippen molar-refractivity contribution in [2.24, 2.45) is 0 Å². The van der Waals surface area contributed by atoms with Gasteiger partial charge >= 0.3 is 0 Å². The van der Waals surface area contributed by atoms with E-state index < -0.39 is 0 Å². The van der Waals surface area contributed by atoms with Crippen LogP contribution in [0.3, 0.4) is 0 Å². The highest BCUT2D eigenvalue weighted by Gasteiger charge is 2.33. The lowest BCUT2D eigenvalue weighted by atomic mass is 9.90. The van der Waals surface area contributed by atoms with Crippen LogP contribution in [0.5, 0.6) is 11.5 Å². The van der Waals surface area contributed by atoms with Gasteiger partial charge in [0.05, 0.1) is 11.4 Å². The Kier molecular flexibility index (Phi) is 9.61. The van der Waals surface area contributed by atoms with Gasteiger partial charge in [-0.15, -0.1) is 0 Å². The number of ketones is 2. The summed E-state index contributed by atoms with van der Waals surface area (Å²) in [5.74, 6) is 0.115. The van der Waals surface area contributed by atoms with Gasteiger partial charge in [0.15, 0.2) is 11.6 Å². The second-order valence-electron chi connectivity index (χ2n) is 9.38. The van der Waals surface area contributed by atoms with Crippen LogP contribution in [0.2, 0.25) is 0 Å². The zero-order valence-electron chi connectivity index (χ0n) is 20.8. The van der Waals surface area contributed by atoms with E-state index in [9.17, 15) is 19.8 Å². The van der Waals surface area contributed by atoms with Gasteiger partial charge in [0, 0.05) is 37.1 Å². The first-order valence-corrected chi connectivity index (χ1v) is 13.1. The summed E-state index contributed by atoms with van der Waals surface area (Å²) >= 11 is 0. The molecule has 6 nitrogen and oxygen atoms in total. The van der Waals surface area contributed by atoms with Crippen molar-refractivity contribution in [2.45, 2.75) is 90.9 Å². The molecule has 34 heavy (non-hydrogen) atoms. The third-order valence-electron chi connectivity index (χ3n) is 6.79. The summed E-state index contributed by atoms with van der Waals surface area (Å²) < 4.78 is 0. The van der Waals surface area contributed by atoms with E-state index in [1.54, 1.807) is 0 Å². The molecule has 1 aromatic carbocycles. The van der Waals surface area contributed by atoms with Gasteiger partial charge in [-0.2, -0.15) is 0 Å². The number of phenolic OH excluding ortho intramolecular Hbond substituents is 2. The third-order valence-corrected chi connectivity index (χ3v) is 6.79. The third kappa shape index (κ3) is 6.02. The molecule has 0 fully saturated rings. The SMILES string of the molecule is CCCCCCNC1=C(c2c(O)ccc(O)c2C2=C(NCCCCCC)C(=O)CC2)CCC1=O. The Labute approximate surface area is 203 Å². The number of nitrogens with one attached hydrogen (secondary N) is 2. The van der Waals surface area contributed by atoms with Crippen LogP contribution in [0.4, 0.5) is 0 Å². The van der Waals surface area contributed by atoms with Crippen molar-refractivity contribution in [3.05, 3.63) is 34.7 Å². The van der Waals surface area contributed by atoms with Gasteiger partial charge in [0.2, 0.25) is 0 Å². The number of carbonyl (C=O) groups excluding carboxylic acids is 2. The van der Waals surface area contributed by atoms with E-state index in [2.05, 4.69) is 24.5 Å². The number of rotatable bonds is 14. The van der Waals surface area contributed by atoms with Crippen molar-refractivity contribution >= 4 is 22.7 Å². The molecule has 0 aliphatic heterocycles. The molecule has 2 aliphatic carbocycles. The fourth-order valence-corrected chi connectivity index (χ4v) is 4.95. The van der Waals surface area contributed by atoms with Crippen molar-refractivity contribution in [1.82, 2.24) is 10.6 Å². The largest absolute Gasteiger partial charge is 0.507 e. The monoisotopic (exact) mass is 468 g/mol. The second kappa shape index (κ2) is 12.6. The van der Waals surface area contributed by atoms with Crippen LogP contribution in [0.25, 0.3) is 11.1 Å². The molecule has 2 aliphatic rings. The van der Waals surface area contributed by atoms with E-state index in [1.807, 2.05) is 0 Å². The molecule has 0 radical (unpaired) electrons. The van der Waals surface area contributed by atoms with Gasteiger partial charge in [-0.05, 0) is 49.0 Å². The molecule has 0 saturated heterocycles. The van der Waals surface area contributed by atoms with Crippen molar-refractivity contribution in [3.63, 3.8) is 0 Å². The minimum atomic E-state index is 0.0249. The summed E-state index contributed by atoms with van der Waals surface area (Å²) in [4.78, 5) is 25.4. The predicted molar refractivity (Wildman–Crippen MR) is 136 cm³/mol. The van der Waals surface area contributed by atoms with Crippen molar-refractivity contribution in [1.29, 1.82) is 0 Å². The summed E-state index contributed by atoms with van der Waals surface area (Å²) in [5, 5.41) is 28.4. The first kappa shape index (κ1) is 25.9. The molecule has 0 atom stereocenters. The van der Waals surface area contributed by atoms with Gasteiger partial charge < -0.3 is 20.8 Å². The normalized spacial score (nSPS) is 16.2. The standard InChI is InChI=1S/C28H40N2O4/c1-3-5-7-9-17-29-27-19(11-13-23(27)33)25-21(31)15-16-22(32)26(25)20-12-14-24(34)28(20)30-18-10-8-6-4-2/h15-16,29-32H,3-14,17-18H2,1-2H3. The van der Waals surface area contributed by atoms with Gasteiger partial charge in [-0.3, -0.25) is 9.59 Å². The van der Waals surface area contributed by atoms with Gasteiger partial charge in [0.25, 0.3) is 0 Å². The molecule has 0 spiro atoms. The Bertz CT molecular complexity index is 884. The molecule has 1 aromatic rings. The maximum absolute atomic E-state index is 12.7. The Hall–Kier alpha value is -2.76. The first-order chi connectivity index (χ1) is 16.5. The van der Waals surface area contributed by atoms with Crippen molar-refractivity contribution in [3.8, 4) is 11.5 Å². The highest BCUT2D eigenvalue weighted by Crippen LogP contribution is 2.46.